The zero-order chi connectivity index (χ0) is 25.8. The number of aryl methyl sites for hydroxylation is 2. The van der Waals surface area contributed by atoms with Crippen molar-refractivity contribution in [3.05, 3.63) is 119 Å². The van der Waals surface area contributed by atoms with E-state index in [4.69, 9.17) is 9.47 Å². The summed E-state index contributed by atoms with van der Waals surface area (Å²) in [5, 5.41) is 2.95. The van der Waals surface area contributed by atoms with Crippen LogP contribution in [0.2, 0.25) is 0 Å². The Labute approximate surface area is 216 Å². The van der Waals surface area contributed by atoms with Crippen LogP contribution in [-0.2, 0) is 17.8 Å². The molecule has 1 heterocycles. The van der Waals surface area contributed by atoms with Crippen molar-refractivity contribution in [1.82, 2.24) is 0 Å². The Balaban J connectivity index is 1.41. The lowest BCUT2D eigenvalue weighted by molar-refractivity contribution is -0.115. The van der Waals surface area contributed by atoms with Crippen LogP contribution in [0.1, 0.15) is 32.6 Å². The topological polar surface area (TPSA) is 67.9 Å². The standard InChI is InChI=1S/C31H28N2O4/c1-21-9-11-23(12-10-21)19-33(31(35)25-13-14-28-29(18-25)37-20-36-28)27-8-4-6-24(16-27)17-30(34)32-26-7-3-5-22(2)15-26/h3-16,18H,17,19-20H2,1-2H3,(H,32,34). The molecule has 5 rings (SSSR count). The van der Waals surface area contributed by atoms with Crippen molar-refractivity contribution < 1.29 is 19.1 Å². The second-order valence-electron chi connectivity index (χ2n) is 9.21. The Morgan fingerprint density at radius 2 is 1.57 bits per heavy atom. The number of fused-ring (bicyclic) bond motifs is 1. The number of carbonyl (C=O) groups is 2. The third-order valence-electron chi connectivity index (χ3n) is 6.21. The number of nitrogens with one attached hydrogen (secondary N) is 1. The van der Waals surface area contributed by atoms with E-state index in [-0.39, 0.29) is 25.0 Å². The van der Waals surface area contributed by atoms with Crippen LogP contribution >= 0.6 is 0 Å². The highest BCUT2D eigenvalue weighted by Crippen LogP contribution is 2.33. The highest BCUT2D eigenvalue weighted by Gasteiger charge is 2.22. The van der Waals surface area contributed by atoms with Crippen molar-refractivity contribution in [2.45, 2.75) is 26.8 Å². The molecule has 0 spiro atoms. The second-order valence-corrected chi connectivity index (χ2v) is 9.21. The van der Waals surface area contributed by atoms with Gasteiger partial charge in [0.25, 0.3) is 5.91 Å². The summed E-state index contributed by atoms with van der Waals surface area (Å²) in [5.41, 5.74) is 6.02. The molecule has 0 atom stereocenters. The van der Waals surface area contributed by atoms with Gasteiger partial charge in [-0.1, -0.05) is 54.1 Å². The van der Waals surface area contributed by atoms with Gasteiger partial charge < -0.3 is 19.7 Å². The van der Waals surface area contributed by atoms with Gasteiger partial charge in [0.15, 0.2) is 11.5 Å². The number of carbonyl (C=O) groups excluding carboxylic acids is 2. The molecule has 1 aliphatic rings. The van der Waals surface area contributed by atoms with Gasteiger partial charge in [-0.3, -0.25) is 9.59 Å². The van der Waals surface area contributed by atoms with Crippen molar-refractivity contribution in [2.24, 2.45) is 0 Å². The maximum Gasteiger partial charge on any atom is 0.258 e. The molecule has 4 aromatic rings. The number of anilines is 2. The molecule has 6 heteroatoms. The van der Waals surface area contributed by atoms with Crippen LogP contribution in [0.25, 0.3) is 0 Å². The summed E-state index contributed by atoms with van der Waals surface area (Å²) in [4.78, 5) is 28.2. The van der Waals surface area contributed by atoms with Gasteiger partial charge in [-0.2, -0.15) is 0 Å². The van der Waals surface area contributed by atoms with Gasteiger partial charge in [0.05, 0.1) is 13.0 Å². The van der Waals surface area contributed by atoms with Gasteiger partial charge in [0.1, 0.15) is 0 Å². The molecule has 0 unspecified atom stereocenters. The Kier molecular flexibility index (Phi) is 6.90. The lowest BCUT2D eigenvalue weighted by Crippen LogP contribution is -2.30. The average Bonchev–Trinajstić information content (AvgIpc) is 3.36. The Bertz CT molecular complexity index is 1450. The molecule has 0 aliphatic carbocycles. The number of amides is 2. The third-order valence-corrected chi connectivity index (χ3v) is 6.21. The van der Waals surface area contributed by atoms with E-state index in [1.807, 2.05) is 86.6 Å². The van der Waals surface area contributed by atoms with Crippen LogP contribution in [-0.4, -0.2) is 18.6 Å². The fraction of sp³-hybridized carbons (Fsp3) is 0.161. The molecular weight excluding hydrogens is 464 g/mol. The second kappa shape index (κ2) is 10.6. The smallest absolute Gasteiger partial charge is 0.258 e. The SMILES string of the molecule is Cc1ccc(CN(C(=O)c2ccc3c(c2)OCO3)c2cccc(CC(=O)Nc3cccc(C)c3)c2)cc1. The summed E-state index contributed by atoms with van der Waals surface area (Å²) < 4.78 is 10.9. The van der Waals surface area contributed by atoms with E-state index in [1.165, 1.54) is 0 Å². The van der Waals surface area contributed by atoms with Gasteiger partial charge in [0, 0.05) is 16.9 Å². The Hall–Kier alpha value is -4.58. The van der Waals surface area contributed by atoms with Crippen molar-refractivity contribution >= 4 is 23.2 Å². The third kappa shape index (κ3) is 5.81. The number of hydrogen-bond donors (Lipinski definition) is 1. The van der Waals surface area contributed by atoms with Gasteiger partial charge in [0.2, 0.25) is 12.7 Å². The molecule has 2 amide bonds. The molecule has 6 nitrogen and oxygen atoms in total. The van der Waals surface area contributed by atoms with Crippen molar-refractivity contribution in [1.29, 1.82) is 0 Å². The first-order valence-electron chi connectivity index (χ1n) is 12.2. The molecule has 4 aromatic carbocycles. The fourth-order valence-corrected chi connectivity index (χ4v) is 4.29. The molecule has 0 saturated carbocycles. The van der Waals surface area contributed by atoms with E-state index < -0.39 is 0 Å². The summed E-state index contributed by atoms with van der Waals surface area (Å²) in [6.45, 7) is 4.54. The van der Waals surface area contributed by atoms with Crippen molar-refractivity contribution in [2.75, 3.05) is 17.0 Å². The van der Waals surface area contributed by atoms with Crippen LogP contribution in [0, 0.1) is 13.8 Å². The van der Waals surface area contributed by atoms with Gasteiger partial charge in [-0.05, 0) is 73.0 Å². The predicted octanol–water partition coefficient (Wildman–Crippen LogP) is 6.06. The zero-order valence-corrected chi connectivity index (χ0v) is 20.9. The highest BCUT2D eigenvalue weighted by atomic mass is 16.7. The predicted molar refractivity (Wildman–Crippen MR) is 144 cm³/mol. The monoisotopic (exact) mass is 492 g/mol. The van der Waals surface area contributed by atoms with Crippen LogP contribution < -0.4 is 19.7 Å². The lowest BCUT2D eigenvalue weighted by Gasteiger charge is -2.24. The summed E-state index contributed by atoms with van der Waals surface area (Å²) >= 11 is 0. The van der Waals surface area contributed by atoms with E-state index in [9.17, 15) is 9.59 Å². The molecule has 1 aliphatic heterocycles. The van der Waals surface area contributed by atoms with Crippen molar-refractivity contribution in [3.63, 3.8) is 0 Å². The van der Waals surface area contributed by atoms with Gasteiger partial charge in [-0.25, -0.2) is 0 Å². The first-order valence-corrected chi connectivity index (χ1v) is 12.2. The van der Waals surface area contributed by atoms with E-state index in [0.29, 0.717) is 29.3 Å². The Morgan fingerprint density at radius 1 is 0.784 bits per heavy atom. The van der Waals surface area contributed by atoms with Crippen LogP contribution in [0.15, 0.2) is 91.0 Å². The summed E-state index contributed by atoms with van der Waals surface area (Å²) in [5.74, 6) is 0.904. The molecular formula is C31H28N2O4. The molecule has 0 saturated heterocycles. The number of ether oxygens (including phenoxy) is 2. The molecule has 1 N–H and O–H groups in total. The van der Waals surface area contributed by atoms with Crippen LogP contribution in [0.5, 0.6) is 11.5 Å². The maximum absolute atomic E-state index is 13.8. The van der Waals surface area contributed by atoms with E-state index >= 15 is 0 Å². The quantitative estimate of drug-likeness (QED) is 0.341. The number of rotatable bonds is 7. The minimum absolute atomic E-state index is 0.116. The largest absolute Gasteiger partial charge is 0.454 e. The van der Waals surface area contributed by atoms with Crippen molar-refractivity contribution in [3.8, 4) is 11.5 Å². The average molecular weight is 493 g/mol. The van der Waals surface area contributed by atoms with Crippen LogP contribution in [0.3, 0.4) is 0 Å². The highest BCUT2D eigenvalue weighted by molar-refractivity contribution is 6.06. The molecule has 0 bridgehead atoms. The summed E-state index contributed by atoms with van der Waals surface area (Å²) in [6, 6.07) is 28.6. The normalized spacial score (nSPS) is 11.7. The van der Waals surface area contributed by atoms with E-state index in [2.05, 4.69) is 5.32 Å². The molecule has 0 fully saturated rings. The Morgan fingerprint density at radius 3 is 2.38 bits per heavy atom. The zero-order valence-electron chi connectivity index (χ0n) is 20.9. The van der Waals surface area contributed by atoms with Crippen LogP contribution in [0.4, 0.5) is 11.4 Å². The first-order chi connectivity index (χ1) is 17.9. The maximum atomic E-state index is 13.8. The lowest BCUT2D eigenvalue weighted by atomic mass is 10.1. The molecule has 0 radical (unpaired) electrons. The minimum Gasteiger partial charge on any atom is -0.454 e. The summed E-state index contributed by atoms with van der Waals surface area (Å²) in [6.07, 6.45) is 0.193. The minimum atomic E-state index is -0.166. The number of hydrogen-bond acceptors (Lipinski definition) is 4. The molecule has 0 aromatic heterocycles. The van der Waals surface area contributed by atoms with E-state index in [1.54, 1.807) is 23.1 Å². The van der Waals surface area contributed by atoms with Gasteiger partial charge >= 0.3 is 0 Å². The number of benzene rings is 4. The first kappa shape index (κ1) is 24.1. The van der Waals surface area contributed by atoms with Gasteiger partial charge in [-0.15, -0.1) is 0 Å². The molecule has 37 heavy (non-hydrogen) atoms. The summed E-state index contributed by atoms with van der Waals surface area (Å²) in [7, 11) is 0. The number of nitrogens with zero attached hydrogens (tertiary/aromatic N) is 1. The molecule has 186 valence electrons. The fourth-order valence-electron chi connectivity index (χ4n) is 4.29. The van der Waals surface area contributed by atoms with E-state index in [0.717, 1.165) is 27.9 Å².